The quantitative estimate of drug-likeness (QED) is 0.668. The Kier molecular flexibility index (Phi) is 5.58. The number of nitrogens with zero attached hydrogens (tertiary/aromatic N) is 1. The zero-order chi connectivity index (χ0) is 11.4. The molecule has 0 aromatic heterocycles. The van der Waals surface area contributed by atoms with Crippen molar-refractivity contribution < 1.29 is 13.2 Å². The molecule has 0 aliphatic heterocycles. The van der Waals surface area contributed by atoms with E-state index in [0.29, 0.717) is 6.61 Å². The maximum atomic E-state index is 11.6. The third kappa shape index (κ3) is 3.91. The molecule has 5 nitrogen and oxygen atoms in total. The Morgan fingerprint density at radius 1 is 1.43 bits per heavy atom. The van der Waals surface area contributed by atoms with Crippen LogP contribution >= 0.6 is 0 Å². The number of nitrogens with two attached hydrogens (primary N) is 1. The molecule has 0 bridgehead atoms. The van der Waals surface area contributed by atoms with E-state index in [1.165, 1.54) is 18.5 Å². The van der Waals surface area contributed by atoms with Gasteiger partial charge >= 0.3 is 0 Å². The number of hydrogen-bond donors (Lipinski definition) is 1. The summed E-state index contributed by atoms with van der Waals surface area (Å²) >= 11 is 0. The molecule has 1 atom stereocenters. The van der Waals surface area contributed by atoms with Crippen molar-refractivity contribution in [3.05, 3.63) is 0 Å². The first-order valence-corrected chi connectivity index (χ1v) is 6.02. The Morgan fingerprint density at radius 2 is 1.93 bits per heavy atom. The molecule has 0 aliphatic carbocycles. The summed E-state index contributed by atoms with van der Waals surface area (Å²) in [6.45, 7) is 3.94. The second kappa shape index (κ2) is 5.65. The lowest BCUT2D eigenvalue weighted by Gasteiger charge is -2.22. The van der Waals surface area contributed by atoms with Gasteiger partial charge in [-0.25, -0.2) is 12.7 Å². The van der Waals surface area contributed by atoms with Crippen LogP contribution in [-0.2, 0) is 14.8 Å². The third-order valence-corrected chi connectivity index (χ3v) is 4.11. The number of ether oxygens (including phenoxy) is 1. The Hall–Kier alpha value is -0.170. The number of hydrogen-bond acceptors (Lipinski definition) is 4. The van der Waals surface area contributed by atoms with Gasteiger partial charge in [0.2, 0.25) is 10.0 Å². The van der Waals surface area contributed by atoms with E-state index in [-0.39, 0.29) is 12.6 Å². The minimum absolute atomic E-state index is 0.279. The van der Waals surface area contributed by atoms with Gasteiger partial charge in [-0.1, -0.05) is 0 Å². The van der Waals surface area contributed by atoms with Crippen molar-refractivity contribution in [2.24, 2.45) is 5.73 Å². The van der Waals surface area contributed by atoms with E-state index in [1.54, 1.807) is 13.8 Å². The van der Waals surface area contributed by atoms with Crippen molar-refractivity contribution in [1.82, 2.24) is 4.31 Å². The average molecular weight is 224 g/mol. The fourth-order valence-corrected chi connectivity index (χ4v) is 2.18. The molecule has 0 fully saturated rings. The van der Waals surface area contributed by atoms with E-state index in [2.05, 4.69) is 0 Å². The van der Waals surface area contributed by atoms with Crippen molar-refractivity contribution in [3.8, 4) is 0 Å². The van der Waals surface area contributed by atoms with Crippen LogP contribution in [0, 0.1) is 0 Å². The van der Waals surface area contributed by atoms with Gasteiger partial charge in [-0.3, -0.25) is 0 Å². The van der Waals surface area contributed by atoms with Gasteiger partial charge in [-0.15, -0.1) is 0 Å². The Bertz CT molecular complexity index is 251. The van der Waals surface area contributed by atoms with E-state index >= 15 is 0 Å². The second-order valence-electron chi connectivity index (χ2n) is 3.59. The number of sulfonamides is 1. The standard InChI is InChI=1S/C8H20N2O3S/c1-7(2)14(11,12)10(3)5-8(9)6-13-4/h7-8H,5-6,9H2,1-4H3. The van der Waals surface area contributed by atoms with Gasteiger partial charge in [0.05, 0.1) is 11.9 Å². The van der Waals surface area contributed by atoms with Gasteiger partial charge in [0.25, 0.3) is 0 Å². The van der Waals surface area contributed by atoms with Crippen LogP contribution in [0.2, 0.25) is 0 Å². The molecule has 0 heterocycles. The van der Waals surface area contributed by atoms with Crippen LogP contribution in [0.25, 0.3) is 0 Å². The van der Waals surface area contributed by atoms with E-state index < -0.39 is 15.3 Å². The number of rotatable bonds is 6. The molecule has 0 saturated carbocycles. The van der Waals surface area contributed by atoms with Crippen molar-refractivity contribution >= 4 is 10.0 Å². The molecule has 0 aliphatic rings. The highest BCUT2D eigenvalue weighted by molar-refractivity contribution is 7.89. The summed E-state index contributed by atoms with van der Waals surface area (Å²) in [6, 6.07) is -0.279. The minimum atomic E-state index is -3.19. The third-order valence-electron chi connectivity index (χ3n) is 1.90. The first-order chi connectivity index (χ1) is 6.32. The first kappa shape index (κ1) is 13.8. The summed E-state index contributed by atoms with van der Waals surface area (Å²) in [6.07, 6.45) is 0. The van der Waals surface area contributed by atoms with Crippen LogP contribution in [0.4, 0.5) is 0 Å². The highest BCUT2D eigenvalue weighted by atomic mass is 32.2. The molecule has 0 aromatic carbocycles. The van der Waals surface area contributed by atoms with Gasteiger partial charge in [0, 0.05) is 26.7 Å². The fraction of sp³-hybridized carbons (Fsp3) is 1.00. The van der Waals surface area contributed by atoms with Crippen molar-refractivity contribution in [3.63, 3.8) is 0 Å². The summed E-state index contributed by atoms with van der Waals surface area (Å²) in [5.41, 5.74) is 5.65. The van der Waals surface area contributed by atoms with Crippen molar-refractivity contribution in [1.29, 1.82) is 0 Å². The molecule has 0 spiro atoms. The van der Waals surface area contributed by atoms with E-state index in [1.807, 2.05) is 0 Å². The largest absolute Gasteiger partial charge is 0.383 e. The summed E-state index contributed by atoms with van der Waals surface area (Å²) in [4.78, 5) is 0. The van der Waals surface area contributed by atoms with E-state index in [0.717, 1.165) is 0 Å². The highest BCUT2D eigenvalue weighted by Crippen LogP contribution is 2.05. The van der Waals surface area contributed by atoms with Crippen molar-refractivity contribution in [2.45, 2.75) is 25.1 Å². The van der Waals surface area contributed by atoms with Crippen LogP contribution in [0.3, 0.4) is 0 Å². The molecule has 14 heavy (non-hydrogen) atoms. The molecule has 0 saturated heterocycles. The van der Waals surface area contributed by atoms with E-state index in [4.69, 9.17) is 10.5 Å². The van der Waals surface area contributed by atoms with Crippen LogP contribution in [0.5, 0.6) is 0 Å². The van der Waals surface area contributed by atoms with Gasteiger partial charge in [0.15, 0.2) is 0 Å². The maximum absolute atomic E-state index is 11.6. The average Bonchev–Trinajstić information content (AvgIpc) is 2.03. The summed E-state index contributed by atoms with van der Waals surface area (Å²) in [5.74, 6) is 0. The molecule has 6 heteroatoms. The summed E-state index contributed by atoms with van der Waals surface area (Å²) < 4.78 is 29.3. The van der Waals surface area contributed by atoms with Crippen LogP contribution in [-0.4, -0.2) is 51.3 Å². The predicted octanol–water partition coefficient (Wildman–Crippen LogP) is -0.370. The molecule has 0 amide bonds. The first-order valence-electron chi connectivity index (χ1n) is 4.52. The minimum Gasteiger partial charge on any atom is -0.383 e. The molecule has 2 N–H and O–H groups in total. The number of methoxy groups -OCH3 is 1. The lowest BCUT2D eigenvalue weighted by molar-refractivity contribution is 0.173. The predicted molar refractivity (Wildman–Crippen MR) is 56.5 cm³/mol. The fourth-order valence-electron chi connectivity index (χ4n) is 1.06. The van der Waals surface area contributed by atoms with Crippen LogP contribution in [0.15, 0.2) is 0 Å². The molecule has 1 unspecified atom stereocenters. The maximum Gasteiger partial charge on any atom is 0.216 e. The Balaban J connectivity index is 4.28. The number of likely N-dealkylation sites (N-methyl/N-ethyl adjacent to an activating group) is 1. The van der Waals surface area contributed by atoms with Gasteiger partial charge in [0.1, 0.15) is 0 Å². The smallest absolute Gasteiger partial charge is 0.216 e. The molecule has 0 rings (SSSR count). The second-order valence-corrected chi connectivity index (χ2v) is 6.19. The zero-order valence-corrected chi connectivity index (χ0v) is 10.0. The monoisotopic (exact) mass is 224 g/mol. The zero-order valence-electron chi connectivity index (χ0n) is 9.23. The lowest BCUT2D eigenvalue weighted by atomic mass is 10.3. The van der Waals surface area contributed by atoms with Gasteiger partial charge < -0.3 is 10.5 Å². The topological polar surface area (TPSA) is 72.6 Å². The normalized spacial score (nSPS) is 15.1. The lowest BCUT2D eigenvalue weighted by Crippen LogP contribution is -2.43. The van der Waals surface area contributed by atoms with Gasteiger partial charge in [-0.2, -0.15) is 0 Å². The molecular formula is C8H20N2O3S. The van der Waals surface area contributed by atoms with Crippen LogP contribution in [0.1, 0.15) is 13.8 Å². The van der Waals surface area contributed by atoms with Crippen molar-refractivity contribution in [2.75, 3.05) is 27.3 Å². The Labute approximate surface area is 86.3 Å². The van der Waals surface area contributed by atoms with Gasteiger partial charge in [-0.05, 0) is 13.8 Å². The van der Waals surface area contributed by atoms with E-state index in [9.17, 15) is 8.42 Å². The highest BCUT2D eigenvalue weighted by Gasteiger charge is 2.23. The SMILES string of the molecule is COCC(N)CN(C)S(=O)(=O)C(C)C. The summed E-state index contributed by atoms with van der Waals surface area (Å²) in [5, 5.41) is -0.415. The molecule has 0 aromatic rings. The van der Waals surface area contributed by atoms with Crippen LogP contribution < -0.4 is 5.73 Å². The Morgan fingerprint density at radius 3 is 2.29 bits per heavy atom. The molecule has 86 valence electrons. The molecular weight excluding hydrogens is 204 g/mol. The molecule has 0 radical (unpaired) electrons. The summed E-state index contributed by atoms with van der Waals surface area (Å²) in [7, 11) is -0.121.